The normalized spacial score (nSPS) is 13.1. The van der Waals surface area contributed by atoms with Crippen molar-refractivity contribution in [2.75, 3.05) is 12.4 Å². The van der Waals surface area contributed by atoms with Gasteiger partial charge in [0.05, 0.1) is 12.8 Å². The fourth-order valence-corrected chi connectivity index (χ4v) is 3.89. The van der Waals surface area contributed by atoms with Gasteiger partial charge in [0.15, 0.2) is 5.82 Å². The number of ether oxygens (including phenoxy) is 2. The lowest BCUT2D eigenvalue weighted by molar-refractivity contribution is -0.274. The van der Waals surface area contributed by atoms with Gasteiger partial charge in [-0.15, -0.1) is 18.3 Å². The predicted octanol–water partition coefficient (Wildman–Crippen LogP) is 3.09. The van der Waals surface area contributed by atoms with Crippen LogP contribution in [0.25, 0.3) is 5.69 Å². The number of halogens is 3. The molecule has 2 heterocycles. The number of alkyl halides is 3. The molecule has 0 unspecified atom stereocenters. The van der Waals surface area contributed by atoms with E-state index in [1.54, 1.807) is 6.07 Å². The molecule has 0 bridgehead atoms. The van der Waals surface area contributed by atoms with Crippen molar-refractivity contribution in [2.24, 2.45) is 0 Å². The predicted molar refractivity (Wildman–Crippen MR) is 119 cm³/mol. The molecule has 184 valence electrons. The van der Waals surface area contributed by atoms with E-state index in [0.717, 1.165) is 29.7 Å². The third kappa shape index (κ3) is 5.36. The Morgan fingerprint density at radius 3 is 2.40 bits per heavy atom. The minimum absolute atomic E-state index is 0.135. The number of benzene rings is 1. The van der Waals surface area contributed by atoms with Gasteiger partial charge in [0.1, 0.15) is 18.0 Å². The summed E-state index contributed by atoms with van der Waals surface area (Å²) in [6.07, 6.45) is -0.696. The van der Waals surface area contributed by atoms with Gasteiger partial charge in [-0.3, -0.25) is 14.4 Å². The molecule has 1 aliphatic carbocycles. The van der Waals surface area contributed by atoms with Gasteiger partial charge in [-0.05, 0) is 62.1 Å². The van der Waals surface area contributed by atoms with Crippen molar-refractivity contribution < 1.29 is 27.4 Å². The molecule has 3 aromatic rings. The van der Waals surface area contributed by atoms with E-state index in [1.165, 1.54) is 36.1 Å². The molecule has 0 radical (unpaired) electrons. The van der Waals surface area contributed by atoms with Gasteiger partial charge >= 0.3 is 12.3 Å². The monoisotopic (exact) mass is 490 g/mol. The quantitative estimate of drug-likeness (QED) is 0.530. The average molecular weight is 490 g/mol. The van der Waals surface area contributed by atoms with Crippen LogP contribution in [0.2, 0.25) is 0 Å². The molecular formula is C23H21F3N4O5. The summed E-state index contributed by atoms with van der Waals surface area (Å²) in [5.41, 5.74) is 0.696. The Hall–Kier alpha value is -4.09. The number of esters is 1. The van der Waals surface area contributed by atoms with Crippen molar-refractivity contribution in [3.63, 3.8) is 0 Å². The Balaban J connectivity index is 1.75. The van der Waals surface area contributed by atoms with E-state index in [4.69, 9.17) is 0 Å². The van der Waals surface area contributed by atoms with Crippen molar-refractivity contribution >= 4 is 17.5 Å². The van der Waals surface area contributed by atoms with Crippen LogP contribution in [-0.2, 0) is 28.9 Å². The van der Waals surface area contributed by atoms with Crippen molar-refractivity contribution in [3.8, 4) is 11.4 Å². The van der Waals surface area contributed by atoms with E-state index in [-0.39, 0.29) is 29.3 Å². The first-order valence-corrected chi connectivity index (χ1v) is 10.7. The molecule has 0 fully saturated rings. The number of fused-ring (bicyclic) bond motifs is 1. The second-order valence-electron chi connectivity index (χ2n) is 7.83. The van der Waals surface area contributed by atoms with Crippen molar-refractivity contribution in [2.45, 2.75) is 38.6 Å². The highest BCUT2D eigenvalue weighted by molar-refractivity contribution is 5.69. The summed E-state index contributed by atoms with van der Waals surface area (Å²) < 4.78 is 48.2. The zero-order chi connectivity index (χ0) is 25.2. The van der Waals surface area contributed by atoms with Crippen LogP contribution in [0.1, 0.15) is 24.0 Å². The van der Waals surface area contributed by atoms with Gasteiger partial charge in [-0.2, -0.15) is 4.68 Å². The van der Waals surface area contributed by atoms with Gasteiger partial charge in [0.25, 0.3) is 11.1 Å². The van der Waals surface area contributed by atoms with E-state index >= 15 is 0 Å². The summed E-state index contributed by atoms with van der Waals surface area (Å²) in [5.74, 6) is -0.741. The number of hydrogen-bond donors (Lipinski definition) is 1. The first-order chi connectivity index (χ1) is 16.7. The lowest BCUT2D eigenvalue weighted by Gasteiger charge is -2.21. The molecule has 1 N–H and O–H groups in total. The molecule has 1 aliphatic rings. The van der Waals surface area contributed by atoms with Gasteiger partial charge in [0.2, 0.25) is 0 Å². The summed E-state index contributed by atoms with van der Waals surface area (Å²) >= 11 is 0. The fourth-order valence-electron chi connectivity index (χ4n) is 3.89. The number of hydrogen-bond acceptors (Lipinski definition) is 7. The van der Waals surface area contributed by atoms with Crippen LogP contribution >= 0.6 is 0 Å². The molecule has 0 spiro atoms. The smallest absolute Gasteiger partial charge is 0.468 e. The van der Waals surface area contributed by atoms with Crippen molar-refractivity contribution in [1.29, 1.82) is 0 Å². The van der Waals surface area contributed by atoms with E-state index in [9.17, 15) is 27.6 Å². The highest BCUT2D eigenvalue weighted by atomic mass is 19.4. The standard InChI is InChI=1S/C23H21F3N4O5/c1-34-19(31)13-29-12-4-7-18(22(29)33)27-20-16-5-2-3-6-17(16)21(32)30(28-20)14-8-10-15(11-9-14)35-23(24,25)26/h4,7-12H,2-3,5-6,13H2,1H3,(H,27,28). The summed E-state index contributed by atoms with van der Waals surface area (Å²) in [4.78, 5) is 37.6. The Bertz CT molecular complexity index is 1360. The number of aromatic nitrogens is 3. The Kier molecular flexibility index (Phi) is 6.63. The van der Waals surface area contributed by atoms with Crippen molar-refractivity contribution in [1.82, 2.24) is 14.3 Å². The molecule has 9 nitrogen and oxygen atoms in total. The van der Waals surface area contributed by atoms with E-state index in [1.807, 2.05) is 0 Å². The van der Waals surface area contributed by atoms with E-state index < -0.39 is 23.6 Å². The lowest BCUT2D eigenvalue weighted by atomic mass is 9.93. The van der Waals surface area contributed by atoms with Gasteiger partial charge in [-0.1, -0.05) is 0 Å². The molecule has 35 heavy (non-hydrogen) atoms. The maximum atomic E-state index is 13.2. The minimum atomic E-state index is -4.84. The maximum Gasteiger partial charge on any atom is 0.573 e. The number of pyridine rings is 1. The van der Waals surface area contributed by atoms with Crippen LogP contribution in [0.4, 0.5) is 24.7 Å². The third-order valence-electron chi connectivity index (χ3n) is 5.52. The van der Waals surface area contributed by atoms with Gasteiger partial charge in [-0.25, -0.2) is 0 Å². The van der Waals surface area contributed by atoms with Crippen LogP contribution in [0.5, 0.6) is 5.75 Å². The number of nitrogens with zero attached hydrogens (tertiary/aromatic N) is 3. The fraction of sp³-hybridized carbons (Fsp3) is 0.304. The summed E-state index contributed by atoms with van der Waals surface area (Å²) in [6, 6.07) is 7.86. The zero-order valence-corrected chi connectivity index (χ0v) is 18.6. The third-order valence-corrected chi connectivity index (χ3v) is 5.52. The second-order valence-corrected chi connectivity index (χ2v) is 7.83. The van der Waals surface area contributed by atoms with Crippen molar-refractivity contribution in [3.05, 3.63) is 74.4 Å². The minimum Gasteiger partial charge on any atom is -0.468 e. The number of anilines is 2. The highest BCUT2D eigenvalue weighted by Crippen LogP contribution is 2.27. The number of methoxy groups -OCH3 is 1. The number of carbonyl (C=O) groups excluding carboxylic acids is 1. The average Bonchev–Trinajstić information content (AvgIpc) is 2.83. The number of nitrogens with one attached hydrogen (secondary N) is 1. The van der Waals surface area contributed by atoms with Crippen LogP contribution in [0, 0.1) is 0 Å². The van der Waals surface area contributed by atoms with Crippen LogP contribution in [-0.4, -0.2) is 33.8 Å². The molecule has 1 aromatic carbocycles. The lowest BCUT2D eigenvalue weighted by Crippen LogP contribution is -2.31. The number of rotatable bonds is 6. The largest absolute Gasteiger partial charge is 0.573 e. The Labute approximate surface area is 196 Å². The molecule has 0 amide bonds. The second kappa shape index (κ2) is 9.65. The SMILES string of the molecule is COC(=O)Cn1cccc(Nc2nn(-c3ccc(OC(F)(F)F)cc3)c(=O)c3c2CCCC3)c1=O. The molecule has 0 atom stereocenters. The molecular weight excluding hydrogens is 469 g/mol. The molecule has 0 aliphatic heterocycles. The first kappa shape index (κ1) is 24.0. The Morgan fingerprint density at radius 1 is 1.06 bits per heavy atom. The Morgan fingerprint density at radius 2 is 1.74 bits per heavy atom. The summed E-state index contributed by atoms with van der Waals surface area (Å²) in [5, 5.41) is 7.38. The number of carbonyl (C=O) groups is 1. The van der Waals surface area contributed by atoms with Crippen LogP contribution < -0.4 is 21.2 Å². The molecule has 12 heteroatoms. The van der Waals surface area contributed by atoms with Gasteiger partial charge < -0.3 is 19.4 Å². The summed E-state index contributed by atoms with van der Waals surface area (Å²) in [6.45, 7) is -0.276. The van der Waals surface area contributed by atoms with Crippen LogP contribution in [0.3, 0.4) is 0 Å². The maximum absolute atomic E-state index is 13.2. The zero-order valence-electron chi connectivity index (χ0n) is 18.6. The first-order valence-electron chi connectivity index (χ1n) is 10.7. The highest BCUT2D eigenvalue weighted by Gasteiger charge is 2.31. The molecule has 0 saturated heterocycles. The topological polar surface area (TPSA) is 104 Å². The van der Waals surface area contributed by atoms with Gasteiger partial charge in [0, 0.05) is 17.3 Å². The van der Waals surface area contributed by atoms with E-state index in [0.29, 0.717) is 24.0 Å². The van der Waals surface area contributed by atoms with E-state index in [2.05, 4.69) is 19.9 Å². The molecule has 0 saturated carbocycles. The van der Waals surface area contributed by atoms with Crippen LogP contribution in [0.15, 0.2) is 52.2 Å². The summed E-state index contributed by atoms with van der Waals surface area (Å²) in [7, 11) is 1.22. The molecule has 2 aromatic heterocycles. The molecule has 4 rings (SSSR count).